The number of amides is 1. The number of nitrogens with two attached hydrogens (primary N) is 1. The molecular weight excluding hydrogens is 362 g/mol. The molecule has 2 N–H and O–H groups in total. The monoisotopic (exact) mass is 382 g/mol. The van der Waals surface area contributed by atoms with E-state index in [1.807, 2.05) is 17.0 Å². The Bertz CT molecular complexity index is 729. The zero-order valence-corrected chi connectivity index (χ0v) is 15.3. The van der Waals surface area contributed by atoms with E-state index in [9.17, 15) is 9.18 Å². The van der Waals surface area contributed by atoms with Gasteiger partial charge in [-0.15, -0.1) is 12.4 Å². The minimum Gasteiger partial charge on any atom is -0.399 e. The molecule has 2 aromatic carbocycles. The Balaban J connectivity index is 0.00000225. The number of benzene rings is 2. The number of halogens is 3. The highest BCUT2D eigenvalue weighted by Gasteiger charge is 2.25. The first kappa shape index (κ1) is 19.5. The molecule has 0 spiro atoms. The van der Waals surface area contributed by atoms with Crippen LogP contribution in [0.15, 0.2) is 42.5 Å². The number of piperidine rings is 1. The van der Waals surface area contributed by atoms with Gasteiger partial charge in [-0.1, -0.05) is 23.7 Å². The zero-order chi connectivity index (χ0) is 17.1. The first-order chi connectivity index (χ1) is 11.5. The maximum absolute atomic E-state index is 13.0. The standard InChI is InChI=1S/C19H20ClFN2O.ClH/c20-18-6-5-16(22)12-17(18)19(24)23-9-7-14(8-10-23)11-13-1-3-15(21)4-2-13;/h1-6,12,14H,7-11,22H2;1H. The Kier molecular flexibility index (Phi) is 6.68. The summed E-state index contributed by atoms with van der Waals surface area (Å²) in [6.45, 7) is 1.41. The van der Waals surface area contributed by atoms with Crippen molar-refractivity contribution in [1.29, 1.82) is 0 Å². The van der Waals surface area contributed by atoms with Gasteiger partial charge in [0.05, 0.1) is 10.6 Å². The van der Waals surface area contributed by atoms with Crippen LogP contribution in [0.25, 0.3) is 0 Å². The fourth-order valence-electron chi connectivity index (χ4n) is 3.17. The second kappa shape index (κ2) is 8.54. The highest BCUT2D eigenvalue weighted by Crippen LogP contribution is 2.26. The maximum atomic E-state index is 13.0. The van der Waals surface area contributed by atoms with Crippen LogP contribution in [0.3, 0.4) is 0 Å². The van der Waals surface area contributed by atoms with Crippen molar-refractivity contribution in [2.45, 2.75) is 19.3 Å². The maximum Gasteiger partial charge on any atom is 0.255 e. The highest BCUT2D eigenvalue weighted by atomic mass is 35.5. The van der Waals surface area contributed by atoms with Gasteiger partial charge in [0.15, 0.2) is 0 Å². The molecule has 0 radical (unpaired) electrons. The SMILES string of the molecule is Cl.Nc1ccc(Cl)c(C(=O)N2CCC(Cc3ccc(F)cc3)CC2)c1. The Labute approximate surface area is 158 Å². The molecular formula is C19H21Cl2FN2O. The molecule has 3 rings (SSSR count). The first-order valence-corrected chi connectivity index (χ1v) is 8.49. The van der Waals surface area contributed by atoms with Gasteiger partial charge in [0, 0.05) is 18.8 Å². The number of anilines is 1. The van der Waals surface area contributed by atoms with Crippen LogP contribution in [0.2, 0.25) is 5.02 Å². The molecule has 0 unspecified atom stereocenters. The lowest BCUT2D eigenvalue weighted by molar-refractivity contribution is 0.0691. The van der Waals surface area contributed by atoms with Gasteiger partial charge < -0.3 is 10.6 Å². The third-order valence-electron chi connectivity index (χ3n) is 4.56. The van der Waals surface area contributed by atoms with Crippen LogP contribution in [0.4, 0.5) is 10.1 Å². The van der Waals surface area contributed by atoms with Crippen LogP contribution < -0.4 is 5.73 Å². The van der Waals surface area contributed by atoms with E-state index >= 15 is 0 Å². The molecule has 25 heavy (non-hydrogen) atoms. The molecule has 6 heteroatoms. The van der Waals surface area contributed by atoms with E-state index in [-0.39, 0.29) is 24.1 Å². The minimum atomic E-state index is -0.210. The number of rotatable bonds is 3. The highest BCUT2D eigenvalue weighted by molar-refractivity contribution is 6.34. The number of nitrogen functional groups attached to an aromatic ring is 1. The van der Waals surface area contributed by atoms with E-state index in [4.69, 9.17) is 17.3 Å². The van der Waals surface area contributed by atoms with Gasteiger partial charge in [0.25, 0.3) is 5.91 Å². The summed E-state index contributed by atoms with van der Waals surface area (Å²) in [5.74, 6) is 0.238. The lowest BCUT2D eigenvalue weighted by Crippen LogP contribution is -2.39. The van der Waals surface area contributed by atoms with E-state index in [0.29, 0.717) is 35.3 Å². The van der Waals surface area contributed by atoms with Crippen molar-refractivity contribution in [2.75, 3.05) is 18.8 Å². The van der Waals surface area contributed by atoms with Crippen molar-refractivity contribution in [2.24, 2.45) is 5.92 Å². The van der Waals surface area contributed by atoms with Gasteiger partial charge in [-0.3, -0.25) is 4.79 Å². The Morgan fingerprint density at radius 3 is 2.44 bits per heavy atom. The molecule has 3 nitrogen and oxygen atoms in total. The fourth-order valence-corrected chi connectivity index (χ4v) is 3.37. The quantitative estimate of drug-likeness (QED) is 0.789. The smallest absolute Gasteiger partial charge is 0.255 e. The van der Waals surface area contributed by atoms with Crippen molar-refractivity contribution < 1.29 is 9.18 Å². The summed E-state index contributed by atoms with van der Waals surface area (Å²) < 4.78 is 13.0. The van der Waals surface area contributed by atoms with Gasteiger partial charge in [0.1, 0.15) is 5.82 Å². The lowest BCUT2D eigenvalue weighted by atomic mass is 9.90. The normalized spacial score (nSPS) is 14.9. The number of likely N-dealkylation sites (tertiary alicyclic amines) is 1. The summed E-state index contributed by atoms with van der Waals surface area (Å²) in [5.41, 5.74) is 7.90. The number of nitrogens with zero attached hydrogens (tertiary/aromatic N) is 1. The van der Waals surface area contributed by atoms with E-state index in [1.165, 1.54) is 12.1 Å². The van der Waals surface area contributed by atoms with Gasteiger partial charge >= 0.3 is 0 Å². The number of hydrogen-bond donors (Lipinski definition) is 1. The summed E-state index contributed by atoms with van der Waals surface area (Å²) in [6, 6.07) is 11.6. The molecule has 1 aliphatic heterocycles. The molecule has 2 aromatic rings. The molecule has 0 aromatic heterocycles. The molecule has 1 aliphatic rings. The predicted octanol–water partition coefficient (Wildman–Crippen LogP) is 4.58. The van der Waals surface area contributed by atoms with Crippen LogP contribution in [-0.4, -0.2) is 23.9 Å². The minimum absolute atomic E-state index is 0. The Hall–Kier alpha value is -1.78. The Morgan fingerprint density at radius 1 is 1.16 bits per heavy atom. The lowest BCUT2D eigenvalue weighted by Gasteiger charge is -2.32. The summed E-state index contributed by atoms with van der Waals surface area (Å²) in [6.07, 6.45) is 2.79. The average molecular weight is 383 g/mol. The van der Waals surface area contributed by atoms with E-state index < -0.39 is 0 Å². The van der Waals surface area contributed by atoms with Crippen molar-refractivity contribution in [1.82, 2.24) is 4.90 Å². The summed E-state index contributed by atoms with van der Waals surface area (Å²) in [4.78, 5) is 14.5. The van der Waals surface area contributed by atoms with E-state index in [2.05, 4.69) is 0 Å². The molecule has 1 heterocycles. The topological polar surface area (TPSA) is 46.3 Å². The van der Waals surface area contributed by atoms with Crippen LogP contribution in [0, 0.1) is 11.7 Å². The van der Waals surface area contributed by atoms with Gasteiger partial charge in [-0.05, 0) is 61.1 Å². The van der Waals surface area contributed by atoms with E-state index in [1.54, 1.807) is 18.2 Å². The largest absolute Gasteiger partial charge is 0.399 e. The van der Waals surface area contributed by atoms with Crippen LogP contribution >= 0.6 is 24.0 Å². The van der Waals surface area contributed by atoms with Crippen LogP contribution in [0.5, 0.6) is 0 Å². The fraction of sp³-hybridized carbons (Fsp3) is 0.316. The summed E-state index contributed by atoms with van der Waals surface area (Å²) in [7, 11) is 0. The third-order valence-corrected chi connectivity index (χ3v) is 4.89. The second-order valence-corrected chi connectivity index (χ2v) is 6.71. The number of carbonyl (C=O) groups excluding carboxylic acids is 1. The molecule has 0 aliphatic carbocycles. The second-order valence-electron chi connectivity index (χ2n) is 6.31. The molecule has 0 atom stereocenters. The molecule has 0 saturated carbocycles. The Morgan fingerprint density at radius 2 is 1.80 bits per heavy atom. The van der Waals surface area contributed by atoms with Crippen LogP contribution in [0.1, 0.15) is 28.8 Å². The van der Waals surface area contributed by atoms with Crippen molar-refractivity contribution in [3.8, 4) is 0 Å². The molecule has 1 saturated heterocycles. The van der Waals surface area contributed by atoms with Gasteiger partial charge in [-0.2, -0.15) is 0 Å². The average Bonchev–Trinajstić information content (AvgIpc) is 2.59. The molecule has 1 fully saturated rings. The summed E-state index contributed by atoms with van der Waals surface area (Å²) in [5, 5.41) is 0.433. The van der Waals surface area contributed by atoms with Gasteiger partial charge in [0.2, 0.25) is 0 Å². The van der Waals surface area contributed by atoms with E-state index in [0.717, 1.165) is 24.8 Å². The van der Waals surface area contributed by atoms with Gasteiger partial charge in [-0.25, -0.2) is 4.39 Å². The van der Waals surface area contributed by atoms with Crippen molar-refractivity contribution in [3.63, 3.8) is 0 Å². The molecule has 0 bridgehead atoms. The summed E-state index contributed by atoms with van der Waals surface area (Å²) >= 11 is 6.13. The van der Waals surface area contributed by atoms with Crippen molar-refractivity contribution in [3.05, 3.63) is 64.4 Å². The number of carbonyl (C=O) groups is 1. The van der Waals surface area contributed by atoms with Crippen LogP contribution in [-0.2, 0) is 6.42 Å². The zero-order valence-electron chi connectivity index (χ0n) is 13.8. The number of hydrogen-bond acceptors (Lipinski definition) is 2. The van der Waals surface area contributed by atoms with Crippen molar-refractivity contribution >= 4 is 35.6 Å². The third kappa shape index (κ3) is 4.86. The first-order valence-electron chi connectivity index (χ1n) is 8.11. The predicted molar refractivity (Wildman–Crippen MR) is 102 cm³/mol. The molecule has 1 amide bonds. The molecule has 134 valence electrons.